The molecule has 0 N–H and O–H groups in total. The Bertz CT molecular complexity index is 330. The fraction of sp³-hybridized carbons (Fsp3) is 0.846. The summed E-state index contributed by atoms with van der Waals surface area (Å²) in [6.45, 7) is 9.01. The molecule has 0 fully saturated rings. The van der Waals surface area contributed by atoms with E-state index in [1.807, 2.05) is 11.7 Å². The molecule has 0 bridgehead atoms. The molecule has 1 aromatic rings. The Hall–Kier alpha value is -0.860. The van der Waals surface area contributed by atoms with Crippen molar-refractivity contribution in [3.05, 3.63) is 11.4 Å². The van der Waals surface area contributed by atoms with Crippen LogP contribution in [0.15, 0.2) is 0 Å². The smallest absolute Gasteiger partial charge is 0.0861 e. The van der Waals surface area contributed by atoms with Gasteiger partial charge in [0.25, 0.3) is 0 Å². The van der Waals surface area contributed by atoms with Gasteiger partial charge in [0.2, 0.25) is 0 Å². The van der Waals surface area contributed by atoms with Crippen molar-refractivity contribution in [2.45, 2.75) is 59.8 Å². The van der Waals surface area contributed by atoms with Crippen LogP contribution in [0.3, 0.4) is 0 Å². The summed E-state index contributed by atoms with van der Waals surface area (Å²) in [5.74, 6) is 0. The van der Waals surface area contributed by atoms with Gasteiger partial charge in [-0.15, -0.1) is 5.10 Å². The first-order valence-electron chi connectivity index (χ1n) is 6.37. The number of aromatic nitrogens is 3. The van der Waals surface area contributed by atoms with Crippen molar-refractivity contribution in [2.75, 3.05) is 0 Å². The van der Waals surface area contributed by atoms with Crippen molar-refractivity contribution in [2.24, 2.45) is 12.5 Å². The standard InChI is InChI=1S/C13H25N3/c1-6-8-9-13(4,7-2)10-12-11(3)16(5)15-14-12/h6-10H2,1-5H3. The van der Waals surface area contributed by atoms with Crippen molar-refractivity contribution in [1.82, 2.24) is 15.0 Å². The average Bonchev–Trinajstić information content (AvgIpc) is 2.58. The first-order valence-corrected chi connectivity index (χ1v) is 6.37. The zero-order valence-electron chi connectivity index (χ0n) is 11.4. The molecule has 0 aliphatic heterocycles. The Morgan fingerprint density at radius 2 is 2.00 bits per heavy atom. The summed E-state index contributed by atoms with van der Waals surface area (Å²) < 4.78 is 1.87. The van der Waals surface area contributed by atoms with Gasteiger partial charge in [0, 0.05) is 7.05 Å². The maximum absolute atomic E-state index is 4.27. The lowest BCUT2D eigenvalue weighted by Crippen LogP contribution is -2.19. The van der Waals surface area contributed by atoms with Crippen molar-refractivity contribution in [3.8, 4) is 0 Å². The van der Waals surface area contributed by atoms with Crippen molar-refractivity contribution >= 4 is 0 Å². The molecule has 3 heteroatoms. The zero-order chi connectivity index (χ0) is 12.2. The van der Waals surface area contributed by atoms with Crippen LogP contribution in [-0.2, 0) is 13.5 Å². The third-order valence-electron chi connectivity index (χ3n) is 3.78. The lowest BCUT2D eigenvalue weighted by Gasteiger charge is -2.27. The molecule has 0 aliphatic carbocycles. The predicted octanol–water partition coefficient (Wildman–Crippen LogP) is 3.27. The van der Waals surface area contributed by atoms with Gasteiger partial charge < -0.3 is 0 Å². The SMILES string of the molecule is CCCCC(C)(CC)Cc1nnn(C)c1C. The predicted molar refractivity (Wildman–Crippen MR) is 67.4 cm³/mol. The van der Waals surface area contributed by atoms with Gasteiger partial charge >= 0.3 is 0 Å². The Kier molecular flexibility index (Phi) is 4.51. The van der Waals surface area contributed by atoms with E-state index in [9.17, 15) is 0 Å². The molecule has 0 radical (unpaired) electrons. The third kappa shape index (κ3) is 3.06. The maximum Gasteiger partial charge on any atom is 0.0861 e. The average molecular weight is 223 g/mol. The monoisotopic (exact) mass is 223 g/mol. The van der Waals surface area contributed by atoms with E-state index in [1.165, 1.54) is 37.1 Å². The fourth-order valence-corrected chi connectivity index (χ4v) is 2.01. The number of hydrogen-bond acceptors (Lipinski definition) is 2. The van der Waals surface area contributed by atoms with Crippen LogP contribution in [0, 0.1) is 12.3 Å². The largest absolute Gasteiger partial charge is 0.252 e. The molecule has 1 heterocycles. The van der Waals surface area contributed by atoms with E-state index in [0.717, 1.165) is 6.42 Å². The number of unbranched alkanes of at least 4 members (excludes halogenated alkanes) is 1. The van der Waals surface area contributed by atoms with Crippen molar-refractivity contribution in [1.29, 1.82) is 0 Å². The lowest BCUT2D eigenvalue weighted by atomic mass is 9.78. The van der Waals surface area contributed by atoms with E-state index >= 15 is 0 Å². The molecule has 0 aromatic carbocycles. The van der Waals surface area contributed by atoms with Crippen molar-refractivity contribution < 1.29 is 0 Å². The highest BCUT2D eigenvalue weighted by Crippen LogP contribution is 2.32. The lowest BCUT2D eigenvalue weighted by molar-refractivity contribution is 0.270. The summed E-state index contributed by atoms with van der Waals surface area (Å²) >= 11 is 0. The summed E-state index contributed by atoms with van der Waals surface area (Å²) in [6, 6.07) is 0. The molecule has 3 nitrogen and oxygen atoms in total. The molecule has 0 amide bonds. The Balaban J connectivity index is 2.72. The minimum Gasteiger partial charge on any atom is -0.252 e. The van der Waals surface area contributed by atoms with E-state index in [0.29, 0.717) is 5.41 Å². The van der Waals surface area contributed by atoms with Gasteiger partial charge in [-0.25, -0.2) is 0 Å². The van der Waals surface area contributed by atoms with E-state index in [1.54, 1.807) is 0 Å². The second-order valence-corrected chi connectivity index (χ2v) is 5.19. The first kappa shape index (κ1) is 13.2. The van der Waals surface area contributed by atoms with Crippen LogP contribution in [0.25, 0.3) is 0 Å². The first-order chi connectivity index (χ1) is 7.52. The van der Waals surface area contributed by atoms with Crippen LogP contribution < -0.4 is 0 Å². The van der Waals surface area contributed by atoms with E-state index < -0.39 is 0 Å². The second-order valence-electron chi connectivity index (χ2n) is 5.19. The van der Waals surface area contributed by atoms with Crippen LogP contribution >= 0.6 is 0 Å². The van der Waals surface area contributed by atoms with Crippen LogP contribution in [0.1, 0.15) is 57.8 Å². The van der Waals surface area contributed by atoms with Crippen molar-refractivity contribution in [3.63, 3.8) is 0 Å². The number of hydrogen-bond donors (Lipinski definition) is 0. The molecule has 0 spiro atoms. The van der Waals surface area contributed by atoms with E-state index in [-0.39, 0.29) is 0 Å². The molecule has 0 saturated heterocycles. The molecule has 92 valence electrons. The van der Waals surface area contributed by atoms with Crippen LogP contribution in [0.4, 0.5) is 0 Å². The van der Waals surface area contributed by atoms with Gasteiger partial charge in [-0.3, -0.25) is 4.68 Å². The van der Waals surface area contributed by atoms with Crippen LogP contribution in [0.5, 0.6) is 0 Å². The van der Waals surface area contributed by atoms with Crippen LogP contribution in [-0.4, -0.2) is 15.0 Å². The molecule has 1 aromatic heterocycles. The highest BCUT2D eigenvalue weighted by atomic mass is 15.4. The zero-order valence-corrected chi connectivity index (χ0v) is 11.4. The molecule has 1 atom stereocenters. The number of rotatable bonds is 6. The summed E-state index contributed by atoms with van der Waals surface area (Å²) in [5.41, 5.74) is 2.76. The van der Waals surface area contributed by atoms with Crippen LogP contribution in [0.2, 0.25) is 0 Å². The van der Waals surface area contributed by atoms with E-state index in [2.05, 4.69) is 38.0 Å². The highest BCUT2D eigenvalue weighted by Gasteiger charge is 2.24. The maximum atomic E-state index is 4.27. The van der Waals surface area contributed by atoms with Gasteiger partial charge in [0.15, 0.2) is 0 Å². The summed E-state index contributed by atoms with van der Waals surface area (Å²) in [7, 11) is 1.96. The second kappa shape index (κ2) is 5.46. The minimum absolute atomic E-state index is 0.386. The molecule has 16 heavy (non-hydrogen) atoms. The van der Waals surface area contributed by atoms with E-state index in [4.69, 9.17) is 0 Å². The molecule has 0 saturated carbocycles. The number of nitrogens with zero attached hydrogens (tertiary/aromatic N) is 3. The molecular weight excluding hydrogens is 198 g/mol. The minimum atomic E-state index is 0.386. The van der Waals surface area contributed by atoms with Gasteiger partial charge in [-0.05, 0) is 25.2 Å². The Morgan fingerprint density at radius 1 is 1.31 bits per heavy atom. The van der Waals surface area contributed by atoms with Gasteiger partial charge in [-0.1, -0.05) is 45.2 Å². The summed E-state index contributed by atoms with van der Waals surface area (Å²) in [6.07, 6.45) is 6.14. The molecule has 1 unspecified atom stereocenters. The van der Waals surface area contributed by atoms with Gasteiger partial charge in [-0.2, -0.15) is 0 Å². The highest BCUT2D eigenvalue weighted by molar-refractivity contribution is 5.09. The summed E-state index contributed by atoms with van der Waals surface area (Å²) in [5, 5.41) is 8.35. The third-order valence-corrected chi connectivity index (χ3v) is 3.78. The summed E-state index contributed by atoms with van der Waals surface area (Å²) in [4.78, 5) is 0. The quantitative estimate of drug-likeness (QED) is 0.741. The van der Waals surface area contributed by atoms with Gasteiger partial charge in [0.1, 0.15) is 0 Å². The normalized spacial score (nSPS) is 15.1. The van der Waals surface area contributed by atoms with Gasteiger partial charge in [0.05, 0.1) is 11.4 Å². The molecule has 0 aliphatic rings. The Morgan fingerprint density at radius 3 is 2.44 bits per heavy atom. The topological polar surface area (TPSA) is 30.7 Å². The molecule has 1 rings (SSSR count). The Labute approximate surface area is 99.2 Å². The molecular formula is C13H25N3. The number of aryl methyl sites for hydroxylation is 1. The fourth-order valence-electron chi connectivity index (χ4n) is 2.01.